The third-order valence-corrected chi connectivity index (χ3v) is 2.40. The molecular formula is C11H12N2O4. The van der Waals surface area contributed by atoms with Crippen LogP contribution in [0.2, 0.25) is 0 Å². The molecule has 0 aliphatic carbocycles. The van der Waals surface area contributed by atoms with Gasteiger partial charge in [0, 0.05) is 0 Å². The molecule has 0 amide bonds. The lowest BCUT2D eigenvalue weighted by Gasteiger charge is -2.05. The van der Waals surface area contributed by atoms with Crippen molar-refractivity contribution in [1.82, 2.24) is 10.1 Å². The van der Waals surface area contributed by atoms with E-state index in [0.717, 1.165) is 0 Å². The summed E-state index contributed by atoms with van der Waals surface area (Å²) >= 11 is 0. The Morgan fingerprint density at radius 1 is 1.41 bits per heavy atom. The number of nitrogens with zero attached hydrogens (tertiary/aromatic N) is 2. The second-order valence-corrected chi connectivity index (χ2v) is 3.59. The molecule has 2 rings (SSSR count). The Morgan fingerprint density at radius 2 is 2.12 bits per heavy atom. The highest BCUT2D eigenvalue weighted by Gasteiger charge is 2.22. The van der Waals surface area contributed by atoms with Crippen LogP contribution in [0.1, 0.15) is 28.8 Å². The normalized spacial score (nSPS) is 10.8. The van der Waals surface area contributed by atoms with Crippen molar-refractivity contribution in [3.63, 3.8) is 0 Å². The van der Waals surface area contributed by atoms with E-state index in [1.165, 1.54) is 0 Å². The number of esters is 1. The van der Waals surface area contributed by atoms with Crippen molar-refractivity contribution in [2.75, 3.05) is 6.61 Å². The summed E-state index contributed by atoms with van der Waals surface area (Å²) in [6.45, 7) is 5.26. The quantitative estimate of drug-likeness (QED) is 0.799. The molecule has 0 aliphatic rings. The number of carbonyl (C=O) groups is 1. The third-order valence-electron chi connectivity index (χ3n) is 2.40. The van der Waals surface area contributed by atoms with E-state index in [9.17, 15) is 9.90 Å². The zero-order valence-corrected chi connectivity index (χ0v) is 9.77. The van der Waals surface area contributed by atoms with Crippen LogP contribution in [-0.2, 0) is 4.74 Å². The molecule has 2 aromatic rings. The first-order valence-corrected chi connectivity index (χ1v) is 5.19. The maximum Gasteiger partial charge on any atom is 0.360 e. The Balaban J connectivity index is 2.69. The molecule has 2 aromatic heterocycles. The van der Waals surface area contributed by atoms with Gasteiger partial charge in [0.2, 0.25) is 0 Å². The van der Waals surface area contributed by atoms with Gasteiger partial charge >= 0.3 is 5.97 Å². The summed E-state index contributed by atoms with van der Waals surface area (Å²) in [6, 6.07) is 0. The Bertz CT molecular complexity index is 589. The highest BCUT2D eigenvalue weighted by atomic mass is 16.5. The summed E-state index contributed by atoms with van der Waals surface area (Å²) in [7, 11) is 0. The van der Waals surface area contributed by atoms with E-state index in [2.05, 4.69) is 10.1 Å². The van der Waals surface area contributed by atoms with E-state index in [-0.39, 0.29) is 18.1 Å². The van der Waals surface area contributed by atoms with Crippen LogP contribution in [0.4, 0.5) is 0 Å². The minimum atomic E-state index is -0.657. The summed E-state index contributed by atoms with van der Waals surface area (Å²) in [6.07, 6.45) is 0. The maximum atomic E-state index is 11.6. The molecule has 0 radical (unpaired) electrons. The van der Waals surface area contributed by atoms with Gasteiger partial charge in [-0.25, -0.2) is 9.78 Å². The molecule has 0 fully saturated rings. The molecule has 0 saturated carbocycles. The summed E-state index contributed by atoms with van der Waals surface area (Å²) in [5.74, 6) is -0.904. The van der Waals surface area contributed by atoms with Crippen LogP contribution < -0.4 is 0 Å². The highest BCUT2D eigenvalue weighted by Crippen LogP contribution is 2.32. The largest absolute Gasteiger partial charge is 0.505 e. The van der Waals surface area contributed by atoms with Gasteiger partial charge in [-0.3, -0.25) is 0 Å². The smallest absolute Gasteiger partial charge is 0.360 e. The number of ether oxygens (including phenoxy) is 1. The average Bonchev–Trinajstić information content (AvgIpc) is 2.67. The molecule has 2 heterocycles. The van der Waals surface area contributed by atoms with E-state index < -0.39 is 5.97 Å². The van der Waals surface area contributed by atoms with E-state index in [0.29, 0.717) is 22.4 Å². The minimum absolute atomic E-state index is 0.108. The molecule has 6 nitrogen and oxygen atoms in total. The van der Waals surface area contributed by atoms with Crippen LogP contribution in [0, 0.1) is 13.8 Å². The Morgan fingerprint density at radius 3 is 2.76 bits per heavy atom. The van der Waals surface area contributed by atoms with Crippen molar-refractivity contribution < 1.29 is 19.2 Å². The van der Waals surface area contributed by atoms with Crippen molar-refractivity contribution in [2.45, 2.75) is 20.8 Å². The van der Waals surface area contributed by atoms with Crippen LogP contribution in [0.3, 0.4) is 0 Å². The Labute approximate surface area is 97.2 Å². The zero-order chi connectivity index (χ0) is 12.6. The monoisotopic (exact) mass is 236 g/mol. The molecular weight excluding hydrogens is 224 g/mol. The van der Waals surface area contributed by atoms with Gasteiger partial charge < -0.3 is 14.4 Å². The molecule has 0 unspecified atom stereocenters. The highest BCUT2D eigenvalue weighted by molar-refractivity contribution is 5.99. The maximum absolute atomic E-state index is 11.6. The number of pyridine rings is 1. The van der Waals surface area contributed by atoms with Gasteiger partial charge in [-0.15, -0.1) is 0 Å². The summed E-state index contributed by atoms with van der Waals surface area (Å²) in [5, 5.41) is 14.1. The van der Waals surface area contributed by atoms with Gasteiger partial charge in [0.15, 0.2) is 17.0 Å². The van der Waals surface area contributed by atoms with Crippen LogP contribution in [0.25, 0.3) is 11.0 Å². The van der Waals surface area contributed by atoms with Crippen molar-refractivity contribution in [3.05, 3.63) is 17.1 Å². The van der Waals surface area contributed by atoms with Gasteiger partial charge in [-0.1, -0.05) is 5.16 Å². The zero-order valence-electron chi connectivity index (χ0n) is 9.77. The second-order valence-electron chi connectivity index (χ2n) is 3.59. The predicted molar refractivity (Wildman–Crippen MR) is 58.9 cm³/mol. The van der Waals surface area contributed by atoms with Crippen molar-refractivity contribution in [1.29, 1.82) is 0 Å². The molecule has 0 bridgehead atoms. The van der Waals surface area contributed by atoms with Crippen LogP contribution in [0.15, 0.2) is 4.52 Å². The lowest BCUT2D eigenvalue weighted by molar-refractivity contribution is 0.0516. The van der Waals surface area contributed by atoms with E-state index in [1.54, 1.807) is 20.8 Å². The number of aromatic nitrogens is 2. The number of hydrogen-bond acceptors (Lipinski definition) is 6. The van der Waals surface area contributed by atoms with Gasteiger partial charge in [0.25, 0.3) is 0 Å². The Kier molecular flexibility index (Phi) is 2.71. The summed E-state index contributed by atoms with van der Waals surface area (Å²) < 4.78 is 9.85. The molecule has 0 saturated heterocycles. The minimum Gasteiger partial charge on any atom is -0.505 e. The van der Waals surface area contributed by atoms with E-state index in [1.807, 2.05) is 0 Å². The Hall–Kier alpha value is -2.11. The summed E-state index contributed by atoms with van der Waals surface area (Å²) in [4.78, 5) is 15.6. The van der Waals surface area contributed by atoms with Crippen molar-refractivity contribution in [2.24, 2.45) is 0 Å². The standard InChI is InChI=1S/C11H12N2O4/c1-4-16-11(15)8-9(14)7-5(2)13-17-10(7)6(3)12-8/h14H,4H2,1-3H3. The van der Waals surface area contributed by atoms with E-state index >= 15 is 0 Å². The topological polar surface area (TPSA) is 85.5 Å². The number of hydrogen-bond donors (Lipinski definition) is 1. The fourth-order valence-electron chi connectivity index (χ4n) is 1.63. The van der Waals surface area contributed by atoms with Gasteiger partial charge in [-0.05, 0) is 20.8 Å². The van der Waals surface area contributed by atoms with Crippen LogP contribution in [0.5, 0.6) is 5.75 Å². The van der Waals surface area contributed by atoms with Crippen LogP contribution in [-0.4, -0.2) is 27.8 Å². The van der Waals surface area contributed by atoms with Crippen molar-refractivity contribution >= 4 is 16.9 Å². The average molecular weight is 236 g/mol. The van der Waals surface area contributed by atoms with Gasteiger partial charge in [-0.2, -0.15) is 0 Å². The lowest BCUT2D eigenvalue weighted by atomic mass is 10.1. The fraction of sp³-hybridized carbons (Fsp3) is 0.364. The first-order valence-electron chi connectivity index (χ1n) is 5.19. The second kappa shape index (κ2) is 4.04. The van der Waals surface area contributed by atoms with Crippen molar-refractivity contribution in [3.8, 4) is 5.75 Å². The number of carbonyl (C=O) groups excluding carboxylic acids is 1. The van der Waals surface area contributed by atoms with Gasteiger partial charge in [0.1, 0.15) is 0 Å². The fourth-order valence-corrected chi connectivity index (χ4v) is 1.63. The predicted octanol–water partition coefficient (Wildman–Crippen LogP) is 1.72. The first-order chi connectivity index (χ1) is 8.06. The van der Waals surface area contributed by atoms with E-state index in [4.69, 9.17) is 9.26 Å². The molecule has 1 N–H and O–H groups in total. The molecule has 0 atom stereocenters. The number of fused-ring (bicyclic) bond motifs is 1. The molecule has 0 aliphatic heterocycles. The number of rotatable bonds is 2. The molecule has 6 heteroatoms. The molecule has 0 spiro atoms. The third kappa shape index (κ3) is 1.71. The van der Waals surface area contributed by atoms with Crippen LogP contribution >= 0.6 is 0 Å². The molecule has 0 aromatic carbocycles. The number of aromatic hydroxyl groups is 1. The molecule has 90 valence electrons. The SMILES string of the molecule is CCOC(=O)c1nc(C)c2onc(C)c2c1O. The number of aryl methyl sites for hydroxylation is 2. The molecule has 17 heavy (non-hydrogen) atoms. The first kappa shape index (κ1) is 11.4. The lowest BCUT2D eigenvalue weighted by Crippen LogP contribution is -2.08. The van der Waals surface area contributed by atoms with Gasteiger partial charge in [0.05, 0.1) is 23.4 Å². The summed E-state index contributed by atoms with van der Waals surface area (Å²) in [5.41, 5.74) is 1.27.